The van der Waals surface area contributed by atoms with E-state index in [1.807, 2.05) is 13.8 Å². The summed E-state index contributed by atoms with van der Waals surface area (Å²) in [4.78, 5) is 44.1. The Balaban J connectivity index is 1.43. The first-order valence-electron chi connectivity index (χ1n) is 12.0. The van der Waals surface area contributed by atoms with Gasteiger partial charge < -0.3 is 20.5 Å². The molecule has 3 amide bonds. The molecule has 0 aliphatic carbocycles. The van der Waals surface area contributed by atoms with Crippen molar-refractivity contribution < 1.29 is 23.2 Å². The van der Waals surface area contributed by atoms with Crippen LogP contribution in [0.1, 0.15) is 42.7 Å². The number of carbonyl (C=O) groups excluding carboxylic acids is 3. The van der Waals surface area contributed by atoms with Crippen LogP contribution in [0, 0.1) is 28.9 Å². The summed E-state index contributed by atoms with van der Waals surface area (Å²) in [5, 5.41) is 15.5. The molecule has 0 unspecified atom stereocenters. The summed E-state index contributed by atoms with van der Waals surface area (Å²) in [7, 11) is 0. The van der Waals surface area contributed by atoms with E-state index in [9.17, 15) is 28.4 Å². The first kappa shape index (κ1) is 24.4. The number of halogens is 2. The van der Waals surface area contributed by atoms with Gasteiger partial charge >= 0.3 is 0 Å². The Hall–Kier alpha value is -4.26. The van der Waals surface area contributed by atoms with Crippen molar-refractivity contribution in [1.29, 1.82) is 5.26 Å². The van der Waals surface area contributed by atoms with Gasteiger partial charge in [-0.3, -0.25) is 14.4 Å². The predicted molar refractivity (Wildman–Crippen MR) is 131 cm³/mol. The number of H-pyrrole nitrogens is 1. The molecule has 2 aliphatic heterocycles. The number of nitriles is 1. The van der Waals surface area contributed by atoms with E-state index in [0.29, 0.717) is 16.8 Å². The fourth-order valence-electron chi connectivity index (χ4n) is 5.38. The van der Waals surface area contributed by atoms with Crippen molar-refractivity contribution in [2.24, 2.45) is 5.92 Å². The number of benzene rings is 2. The zero-order valence-corrected chi connectivity index (χ0v) is 20.3. The summed E-state index contributed by atoms with van der Waals surface area (Å²) < 4.78 is 27.9. The Morgan fingerprint density at radius 1 is 1.24 bits per heavy atom. The molecule has 5 rings (SSSR count). The second-order valence-corrected chi connectivity index (χ2v) is 10.1. The largest absolute Gasteiger partial charge is 0.350 e. The first-order chi connectivity index (χ1) is 17.6. The van der Waals surface area contributed by atoms with E-state index in [4.69, 9.17) is 0 Å². The Morgan fingerprint density at radius 2 is 2.03 bits per heavy atom. The zero-order chi connectivity index (χ0) is 26.5. The van der Waals surface area contributed by atoms with Gasteiger partial charge in [0.15, 0.2) is 0 Å². The highest BCUT2D eigenvalue weighted by Crippen LogP contribution is 2.46. The Labute approximate surface area is 211 Å². The number of amides is 3. The van der Waals surface area contributed by atoms with E-state index in [1.54, 1.807) is 6.07 Å². The van der Waals surface area contributed by atoms with Crippen molar-refractivity contribution in [2.45, 2.75) is 44.2 Å². The molecule has 1 fully saturated rings. The minimum atomic E-state index is -1.18. The summed E-state index contributed by atoms with van der Waals surface area (Å²) in [5.74, 6) is -2.43. The van der Waals surface area contributed by atoms with Gasteiger partial charge in [-0.25, -0.2) is 8.78 Å². The zero-order valence-electron chi connectivity index (χ0n) is 20.3. The van der Waals surface area contributed by atoms with Gasteiger partial charge in [0, 0.05) is 29.6 Å². The Morgan fingerprint density at radius 3 is 2.73 bits per heavy atom. The summed E-state index contributed by atoms with van der Waals surface area (Å²) in [6.45, 7) is 3.72. The molecule has 37 heavy (non-hydrogen) atoms. The SMILES string of the molecule is CC(C)C[C@H](NC(=O)c1cc2c(F)cccc2[nH]1)C(=O)N1C[C@]2(C[C@H]1C#N)C(=O)Nc1cc(F)ccc12. The molecule has 2 aliphatic rings. The van der Waals surface area contributed by atoms with Crippen molar-refractivity contribution >= 4 is 34.3 Å². The van der Waals surface area contributed by atoms with Crippen LogP contribution >= 0.6 is 0 Å². The molecule has 2 aromatic carbocycles. The monoisotopic (exact) mass is 505 g/mol. The predicted octanol–water partition coefficient (Wildman–Crippen LogP) is 3.61. The number of likely N-dealkylation sites (tertiary alicyclic amines) is 1. The van der Waals surface area contributed by atoms with E-state index in [-0.39, 0.29) is 36.4 Å². The van der Waals surface area contributed by atoms with Crippen LogP contribution in [-0.4, -0.2) is 46.2 Å². The number of rotatable bonds is 5. The fourth-order valence-corrected chi connectivity index (χ4v) is 5.38. The van der Waals surface area contributed by atoms with Gasteiger partial charge in [0.2, 0.25) is 11.8 Å². The van der Waals surface area contributed by atoms with Crippen LogP contribution in [0.15, 0.2) is 42.5 Å². The maximum absolute atomic E-state index is 14.1. The van der Waals surface area contributed by atoms with Crippen LogP contribution in [0.5, 0.6) is 0 Å². The molecule has 3 N–H and O–H groups in total. The van der Waals surface area contributed by atoms with Gasteiger partial charge in [-0.1, -0.05) is 26.0 Å². The Bertz CT molecular complexity index is 1480. The molecule has 10 heteroatoms. The van der Waals surface area contributed by atoms with Crippen LogP contribution in [-0.2, 0) is 15.0 Å². The minimum Gasteiger partial charge on any atom is -0.350 e. The molecule has 3 heterocycles. The average Bonchev–Trinajstić information content (AvgIpc) is 3.53. The molecule has 1 spiro atoms. The number of hydrogen-bond donors (Lipinski definition) is 3. The molecule has 0 saturated carbocycles. The summed E-state index contributed by atoms with van der Waals surface area (Å²) in [5.41, 5.74) is 0.237. The number of nitrogens with one attached hydrogen (secondary N) is 3. The third kappa shape index (κ3) is 4.10. The lowest BCUT2D eigenvalue weighted by Crippen LogP contribution is -2.51. The number of aromatic nitrogens is 1. The summed E-state index contributed by atoms with van der Waals surface area (Å²) >= 11 is 0. The number of hydrogen-bond acceptors (Lipinski definition) is 4. The highest BCUT2D eigenvalue weighted by molar-refractivity contribution is 6.07. The highest BCUT2D eigenvalue weighted by Gasteiger charge is 2.56. The third-order valence-electron chi connectivity index (χ3n) is 7.14. The average molecular weight is 506 g/mol. The number of carbonyl (C=O) groups is 3. The van der Waals surface area contributed by atoms with Gasteiger partial charge in [-0.15, -0.1) is 0 Å². The van der Waals surface area contributed by atoms with Crippen molar-refractivity contribution in [3.8, 4) is 6.07 Å². The first-order valence-corrected chi connectivity index (χ1v) is 12.0. The van der Waals surface area contributed by atoms with E-state index in [2.05, 4.69) is 21.7 Å². The van der Waals surface area contributed by atoms with Gasteiger partial charge in [-0.2, -0.15) is 5.26 Å². The fraction of sp³-hybridized carbons (Fsp3) is 0.333. The number of anilines is 1. The maximum Gasteiger partial charge on any atom is 0.268 e. The van der Waals surface area contributed by atoms with Gasteiger partial charge in [0.1, 0.15) is 29.4 Å². The van der Waals surface area contributed by atoms with E-state index in [0.717, 1.165) is 0 Å². The van der Waals surface area contributed by atoms with Crippen molar-refractivity contribution in [3.63, 3.8) is 0 Å². The number of aromatic amines is 1. The highest BCUT2D eigenvalue weighted by atomic mass is 19.1. The van der Waals surface area contributed by atoms with Gasteiger partial charge in [0.05, 0.1) is 11.5 Å². The summed E-state index contributed by atoms with van der Waals surface area (Å²) in [6, 6.07) is 10.0. The van der Waals surface area contributed by atoms with E-state index >= 15 is 0 Å². The quantitative estimate of drug-likeness (QED) is 0.491. The van der Waals surface area contributed by atoms with Gasteiger partial charge in [0.25, 0.3) is 5.91 Å². The van der Waals surface area contributed by atoms with E-state index < -0.39 is 46.9 Å². The van der Waals surface area contributed by atoms with Crippen LogP contribution in [0.3, 0.4) is 0 Å². The molecular weight excluding hydrogens is 480 g/mol. The molecule has 3 aromatic rings. The van der Waals surface area contributed by atoms with Crippen LogP contribution in [0.4, 0.5) is 14.5 Å². The molecule has 8 nitrogen and oxygen atoms in total. The normalized spacial score (nSPS) is 21.2. The van der Waals surface area contributed by atoms with Crippen molar-refractivity contribution in [1.82, 2.24) is 15.2 Å². The third-order valence-corrected chi connectivity index (χ3v) is 7.14. The van der Waals surface area contributed by atoms with Crippen LogP contribution in [0.2, 0.25) is 0 Å². The van der Waals surface area contributed by atoms with E-state index in [1.165, 1.54) is 41.3 Å². The lowest BCUT2D eigenvalue weighted by molar-refractivity contribution is -0.134. The Kier molecular flexibility index (Phi) is 5.94. The van der Waals surface area contributed by atoms with Crippen molar-refractivity contribution in [2.75, 3.05) is 11.9 Å². The molecule has 190 valence electrons. The molecule has 1 aromatic heterocycles. The van der Waals surface area contributed by atoms with Crippen LogP contribution in [0.25, 0.3) is 10.9 Å². The minimum absolute atomic E-state index is 0.0185. The molecule has 0 bridgehead atoms. The second kappa shape index (κ2) is 9.00. The molecule has 0 radical (unpaired) electrons. The second-order valence-electron chi connectivity index (χ2n) is 10.1. The lowest BCUT2D eigenvalue weighted by atomic mass is 9.79. The smallest absolute Gasteiger partial charge is 0.268 e. The topological polar surface area (TPSA) is 118 Å². The number of nitrogens with zero attached hydrogens (tertiary/aromatic N) is 2. The maximum atomic E-state index is 14.1. The molecule has 3 atom stereocenters. The van der Waals surface area contributed by atoms with Crippen LogP contribution < -0.4 is 10.6 Å². The van der Waals surface area contributed by atoms with Gasteiger partial charge in [-0.05, 0) is 48.2 Å². The summed E-state index contributed by atoms with van der Waals surface area (Å²) in [6.07, 6.45) is 0.345. The number of fused-ring (bicyclic) bond motifs is 3. The lowest BCUT2D eigenvalue weighted by Gasteiger charge is -2.28. The molecular formula is C27H25F2N5O3. The van der Waals surface area contributed by atoms with Crippen molar-refractivity contribution in [3.05, 3.63) is 65.4 Å². The molecule has 1 saturated heterocycles. The standard InChI is InChI=1S/C27H25F2N5O3/c1-14(2)8-23(32-24(35)22-10-17-19(29)4-3-5-20(17)31-22)25(36)34-13-27(11-16(34)12-30)18-7-6-15(28)9-21(18)33-26(27)37/h3-7,9-10,14,16,23,31H,8,11,13H2,1-2H3,(H,32,35)(H,33,37)/t16-,23-,27-/m0/s1.